The van der Waals surface area contributed by atoms with Gasteiger partial charge in [0.15, 0.2) is 0 Å². The largest absolute Gasteiger partial charge is 0.342 e. The lowest BCUT2D eigenvalue weighted by molar-refractivity contribution is -0.131. The number of carbonyl (C=O) groups excluding carboxylic acids is 2. The first kappa shape index (κ1) is 15.4. The Balaban J connectivity index is 1.74. The van der Waals surface area contributed by atoms with Crippen LogP contribution in [0, 0.1) is 5.92 Å². The van der Waals surface area contributed by atoms with E-state index in [0.717, 1.165) is 32.5 Å². The molecular formula is C15H22N4O2. The van der Waals surface area contributed by atoms with E-state index in [0.29, 0.717) is 11.6 Å². The fourth-order valence-electron chi connectivity index (χ4n) is 2.53. The summed E-state index contributed by atoms with van der Waals surface area (Å²) in [6, 6.07) is 5.12. The van der Waals surface area contributed by atoms with E-state index >= 15 is 0 Å². The van der Waals surface area contributed by atoms with E-state index in [-0.39, 0.29) is 18.4 Å². The van der Waals surface area contributed by atoms with Crippen LogP contribution in [0.3, 0.4) is 0 Å². The molecule has 1 aliphatic rings. The Bertz CT molecular complexity index is 470. The lowest BCUT2D eigenvalue weighted by atomic mass is 9.97. The predicted molar refractivity (Wildman–Crippen MR) is 79.8 cm³/mol. The van der Waals surface area contributed by atoms with Crippen LogP contribution in [0.2, 0.25) is 0 Å². The van der Waals surface area contributed by atoms with Crippen molar-refractivity contribution in [3.8, 4) is 0 Å². The lowest BCUT2D eigenvalue weighted by Gasteiger charge is -2.32. The molecule has 0 aliphatic carbocycles. The molecule has 0 unspecified atom stereocenters. The summed E-state index contributed by atoms with van der Waals surface area (Å²) in [6.07, 6.45) is 3.59. The molecule has 2 heterocycles. The van der Waals surface area contributed by atoms with Gasteiger partial charge in [-0.3, -0.25) is 14.6 Å². The van der Waals surface area contributed by atoms with Crippen LogP contribution in [0.1, 0.15) is 23.3 Å². The smallest absolute Gasteiger partial charge is 0.270 e. The fourth-order valence-corrected chi connectivity index (χ4v) is 2.53. The molecule has 2 rings (SSSR count). The van der Waals surface area contributed by atoms with Crippen molar-refractivity contribution in [3.05, 3.63) is 30.1 Å². The van der Waals surface area contributed by atoms with Crippen LogP contribution in [0.15, 0.2) is 24.4 Å². The van der Waals surface area contributed by atoms with Gasteiger partial charge in [-0.15, -0.1) is 0 Å². The van der Waals surface area contributed by atoms with Crippen molar-refractivity contribution < 1.29 is 9.59 Å². The van der Waals surface area contributed by atoms with Gasteiger partial charge in [0.2, 0.25) is 5.91 Å². The van der Waals surface area contributed by atoms with Gasteiger partial charge in [-0.1, -0.05) is 6.07 Å². The first-order chi connectivity index (χ1) is 10.2. The SMILES string of the molecule is CNCC1CCN(C(=O)CNC(=O)c2ccccn2)CC1. The summed E-state index contributed by atoms with van der Waals surface area (Å²) in [6.45, 7) is 2.57. The van der Waals surface area contributed by atoms with Gasteiger partial charge >= 0.3 is 0 Å². The summed E-state index contributed by atoms with van der Waals surface area (Å²) in [5.74, 6) is 0.304. The summed E-state index contributed by atoms with van der Waals surface area (Å²) in [4.78, 5) is 29.7. The Morgan fingerprint density at radius 2 is 2.10 bits per heavy atom. The molecule has 2 amide bonds. The van der Waals surface area contributed by atoms with E-state index < -0.39 is 0 Å². The van der Waals surface area contributed by atoms with Crippen LogP contribution < -0.4 is 10.6 Å². The van der Waals surface area contributed by atoms with E-state index in [2.05, 4.69) is 15.6 Å². The second-order valence-corrected chi connectivity index (χ2v) is 5.28. The number of carbonyl (C=O) groups is 2. The van der Waals surface area contributed by atoms with Gasteiger partial charge in [0.25, 0.3) is 5.91 Å². The van der Waals surface area contributed by atoms with Crippen molar-refractivity contribution in [1.29, 1.82) is 0 Å². The van der Waals surface area contributed by atoms with Gasteiger partial charge in [0.1, 0.15) is 5.69 Å². The molecule has 0 spiro atoms. The number of amides is 2. The fraction of sp³-hybridized carbons (Fsp3) is 0.533. The average molecular weight is 290 g/mol. The van der Waals surface area contributed by atoms with Crippen LogP contribution in [0.5, 0.6) is 0 Å². The Hall–Kier alpha value is -1.95. The number of pyridine rings is 1. The van der Waals surface area contributed by atoms with Crippen molar-refractivity contribution in [3.63, 3.8) is 0 Å². The Labute approximate surface area is 124 Å². The van der Waals surface area contributed by atoms with Crippen LogP contribution in [0.4, 0.5) is 0 Å². The van der Waals surface area contributed by atoms with Crippen LogP contribution >= 0.6 is 0 Å². The van der Waals surface area contributed by atoms with Crippen molar-refractivity contribution in [1.82, 2.24) is 20.5 Å². The van der Waals surface area contributed by atoms with E-state index in [4.69, 9.17) is 0 Å². The zero-order valence-corrected chi connectivity index (χ0v) is 12.3. The molecular weight excluding hydrogens is 268 g/mol. The Morgan fingerprint density at radius 1 is 1.33 bits per heavy atom. The van der Waals surface area contributed by atoms with Crippen molar-refractivity contribution >= 4 is 11.8 Å². The molecule has 1 fully saturated rings. The third-order valence-electron chi connectivity index (χ3n) is 3.76. The highest BCUT2D eigenvalue weighted by Crippen LogP contribution is 2.16. The number of hydrogen-bond acceptors (Lipinski definition) is 4. The summed E-state index contributed by atoms with van der Waals surface area (Å²) >= 11 is 0. The molecule has 1 aromatic rings. The van der Waals surface area contributed by atoms with Gasteiger partial charge in [-0.2, -0.15) is 0 Å². The minimum absolute atomic E-state index is 0.0258. The zero-order valence-electron chi connectivity index (χ0n) is 12.3. The minimum Gasteiger partial charge on any atom is -0.342 e. The molecule has 114 valence electrons. The van der Waals surface area contributed by atoms with Gasteiger partial charge in [-0.25, -0.2) is 0 Å². The Kier molecular flexibility index (Phi) is 5.68. The summed E-state index contributed by atoms with van der Waals surface area (Å²) in [5, 5.41) is 5.80. The highest BCUT2D eigenvalue weighted by Gasteiger charge is 2.22. The molecule has 21 heavy (non-hydrogen) atoms. The molecule has 2 N–H and O–H groups in total. The summed E-state index contributed by atoms with van der Waals surface area (Å²) < 4.78 is 0. The maximum absolute atomic E-state index is 12.1. The monoisotopic (exact) mass is 290 g/mol. The van der Waals surface area contributed by atoms with E-state index in [1.807, 2.05) is 11.9 Å². The number of rotatable bonds is 5. The second-order valence-electron chi connectivity index (χ2n) is 5.28. The van der Waals surface area contributed by atoms with Gasteiger partial charge in [0, 0.05) is 19.3 Å². The molecule has 0 saturated carbocycles. The maximum atomic E-state index is 12.1. The first-order valence-electron chi connectivity index (χ1n) is 7.32. The third-order valence-corrected chi connectivity index (χ3v) is 3.76. The van der Waals surface area contributed by atoms with Crippen LogP contribution in [-0.2, 0) is 4.79 Å². The van der Waals surface area contributed by atoms with Crippen molar-refractivity contribution in [2.45, 2.75) is 12.8 Å². The maximum Gasteiger partial charge on any atom is 0.270 e. The first-order valence-corrected chi connectivity index (χ1v) is 7.32. The van der Waals surface area contributed by atoms with E-state index in [9.17, 15) is 9.59 Å². The lowest BCUT2D eigenvalue weighted by Crippen LogP contribution is -2.45. The average Bonchev–Trinajstić information content (AvgIpc) is 2.54. The van der Waals surface area contributed by atoms with Gasteiger partial charge in [0.05, 0.1) is 6.54 Å². The third kappa shape index (κ3) is 4.53. The molecule has 6 heteroatoms. The van der Waals surface area contributed by atoms with E-state index in [1.54, 1.807) is 24.4 Å². The molecule has 1 aromatic heterocycles. The van der Waals surface area contributed by atoms with E-state index in [1.165, 1.54) is 0 Å². The molecule has 0 atom stereocenters. The topological polar surface area (TPSA) is 74.3 Å². The number of nitrogens with zero attached hydrogens (tertiary/aromatic N) is 2. The number of aromatic nitrogens is 1. The normalized spacial score (nSPS) is 15.8. The van der Waals surface area contributed by atoms with Gasteiger partial charge < -0.3 is 15.5 Å². The molecule has 0 aromatic carbocycles. The quantitative estimate of drug-likeness (QED) is 0.816. The van der Waals surface area contributed by atoms with Crippen molar-refractivity contribution in [2.75, 3.05) is 33.2 Å². The zero-order chi connectivity index (χ0) is 15.1. The molecule has 1 aliphatic heterocycles. The Morgan fingerprint density at radius 3 is 2.71 bits per heavy atom. The highest BCUT2D eigenvalue weighted by atomic mass is 16.2. The number of hydrogen-bond donors (Lipinski definition) is 2. The standard InChI is InChI=1S/C15H22N4O2/c1-16-10-12-5-8-19(9-6-12)14(20)11-18-15(21)13-4-2-3-7-17-13/h2-4,7,12,16H,5-6,8-11H2,1H3,(H,18,21). The van der Waals surface area contributed by atoms with Crippen molar-refractivity contribution in [2.24, 2.45) is 5.92 Å². The second kappa shape index (κ2) is 7.73. The minimum atomic E-state index is -0.311. The molecule has 1 saturated heterocycles. The number of nitrogens with one attached hydrogen (secondary N) is 2. The van der Waals surface area contributed by atoms with Crippen LogP contribution in [0.25, 0.3) is 0 Å². The molecule has 6 nitrogen and oxygen atoms in total. The van der Waals surface area contributed by atoms with Gasteiger partial charge in [-0.05, 0) is 44.5 Å². The summed E-state index contributed by atoms with van der Waals surface area (Å²) in [7, 11) is 1.95. The van der Waals surface area contributed by atoms with Crippen LogP contribution in [-0.4, -0.2) is 54.9 Å². The number of piperidine rings is 1. The molecule has 0 bridgehead atoms. The predicted octanol–water partition coefficient (Wildman–Crippen LogP) is 0.269. The molecule has 0 radical (unpaired) electrons. The number of likely N-dealkylation sites (tertiary alicyclic amines) is 1. The highest BCUT2D eigenvalue weighted by molar-refractivity contribution is 5.94. The summed E-state index contributed by atoms with van der Waals surface area (Å²) in [5.41, 5.74) is 0.332.